The summed E-state index contributed by atoms with van der Waals surface area (Å²) < 4.78 is 15.6. The monoisotopic (exact) mass is 1040 g/mol. The Balaban J connectivity index is 0.000000187. The van der Waals surface area contributed by atoms with Crippen molar-refractivity contribution in [3.05, 3.63) is 155 Å². The van der Waals surface area contributed by atoms with Crippen LogP contribution in [0.3, 0.4) is 0 Å². The van der Waals surface area contributed by atoms with Gasteiger partial charge < -0.3 is 25.1 Å². The van der Waals surface area contributed by atoms with Crippen molar-refractivity contribution in [2.75, 3.05) is 49.1 Å². The van der Waals surface area contributed by atoms with E-state index in [1.165, 1.54) is 17.2 Å². The number of carbonyl (C=O) groups excluding carboxylic acids is 1. The smallest absolute Gasteiger partial charge is 0.306 e. The average Bonchev–Trinajstić information content (AvgIpc) is 4.25. The van der Waals surface area contributed by atoms with E-state index in [1.54, 1.807) is 12.1 Å². The predicted molar refractivity (Wildman–Crippen MR) is 302 cm³/mol. The van der Waals surface area contributed by atoms with Gasteiger partial charge in [-0.2, -0.15) is 10.4 Å². The van der Waals surface area contributed by atoms with Crippen molar-refractivity contribution in [2.45, 2.75) is 105 Å². The number of nitriles is 1. The summed E-state index contributed by atoms with van der Waals surface area (Å²) in [4.78, 5) is 43.6. The second kappa shape index (κ2) is 26.2. The zero-order valence-electron chi connectivity index (χ0n) is 45.4. The zero-order chi connectivity index (χ0) is 54.4. The number of anilines is 2. The molecular formula is C61H73FN12O3. The number of nitrogens with zero attached hydrogens (tertiary/aromatic N) is 11. The highest BCUT2D eigenvalue weighted by atomic mass is 19.1. The average molecular weight is 1040 g/mol. The lowest BCUT2D eigenvalue weighted by molar-refractivity contribution is -0.141. The lowest BCUT2D eigenvalue weighted by Gasteiger charge is -2.33. The van der Waals surface area contributed by atoms with Crippen molar-refractivity contribution in [1.82, 2.24) is 39.8 Å². The van der Waals surface area contributed by atoms with Gasteiger partial charge in [0.2, 0.25) is 5.91 Å². The van der Waals surface area contributed by atoms with Gasteiger partial charge in [0.1, 0.15) is 35.5 Å². The number of amidine groups is 1. The maximum absolute atomic E-state index is 13.7. The van der Waals surface area contributed by atoms with E-state index in [2.05, 4.69) is 110 Å². The topological polar surface area (TPSA) is 171 Å². The lowest BCUT2D eigenvalue weighted by Crippen LogP contribution is -2.41. The second-order valence-corrected chi connectivity index (χ2v) is 20.5. The number of likely N-dealkylation sites (tertiary alicyclic amines) is 1. The molecule has 4 aliphatic rings. The lowest BCUT2D eigenvalue weighted by atomic mass is 9.96. The van der Waals surface area contributed by atoms with E-state index in [0.29, 0.717) is 18.5 Å². The van der Waals surface area contributed by atoms with Gasteiger partial charge in [-0.3, -0.25) is 19.6 Å². The molecule has 2 unspecified atom stereocenters. The van der Waals surface area contributed by atoms with Crippen LogP contribution in [0, 0.1) is 48.7 Å². The molecule has 2 aromatic carbocycles. The number of piperidine rings is 1. The molecule has 6 aromatic rings. The molecule has 8 heterocycles. The first-order valence-electron chi connectivity index (χ1n) is 27.3. The molecule has 0 saturated carbocycles. The number of rotatable bonds is 13. The summed E-state index contributed by atoms with van der Waals surface area (Å²) in [5, 5.41) is 32.0. The quantitative estimate of drug-likeness (QED) is 0.105. The third-order valence-electron chi connectivity index (χ3n) is 14.7. The number of halogens is 1. The summed E-state index contributed by atoms with van der Waals surface area (Å²) in [6.45, 7) is 16.4. The molecule has 4 aromatic heterocycles. The number of allylic oxidation sites excluding steroid dienone is 1. The van der Waals surface area contributed by atoms with Crippen LogP contribution in [-0.2, 0) is 9.59 Å². The third kappa shape index (κ3) is 13.9. The normalized spacial score (nSPS) is 17.7. The number of carboxylic acid groups (broad SMARTS) is 1. The molecule has 0 radical (unpaired) electrons. The SMILES string of the molecule is CCC(CC)C(=O)O.Cc1cccc(-c2cnc3ccc(N4CCCC4c4cccc(F)c4)nn23)n1.Cc1cccc(C2CCCN2C2=NN(/C(=C\C(C)C)c3cccc(N4CCC(C(=O)NCC#N)CC4)n3)CC=C2)c1. The van der Waals surface area contributed by atoms with E-state index in [9.17, 15) is 14.0 Å². The Morgan fingerprint density at radius 3 is 2.21 bits per heavy atom. The minimum atomic E-state index is -0.671. The summed E-state index contributed by atoms with van der Waals surface area (Å²) in [5.74, 6) is 2.04. The van der Waals surface area contributed by atoms with Crippen LogP contribution < -0.4 is 15.1 Å². The molecule has 402 valence electrons. The van der Waals surface area contributed by atoms with Gasteiger partial charge in [-0.15, -0.1) is 5.10 Å². The van der Waals surface area contributed by atoms with Crippen molar-refractivity contribution in [1.29, 1.82) is 5.26 Å². The maximum Gasteiger partial charge on any atom is 0.306 e. The predicted octanol–water partition coefficient (Wildman–Crippen LogP) is 11.4. The van der Waals surface area contributed by atoms with Crippen LogP contribution in [0.4, 0.5) is 16.0 Å². The van der Waals surface area contributed by atoms with Crippen LogP contribution in [0.25, 0.3) is 22.7 Å². The third-order valence-corrected chi connectivity index (χ3v) is 14.7. The summed E-state index contributed by atoms with van der Waals surface area (Å²) in [6, 6.07) is 34.2. The van der Waals surface area contributed by atoms with Crippen LogP contribution in [0.1, 0.15) is 119 Å². The molecule has 10 rings (SSSR count). The number of hydrazone groups is 1. The molecule has 3 saturated heterocycles. The van der Waals surface area contributed by atoms with E-state index >= 15 is 0 Å². The first-order chi connectivity index (χ1) is 37.3. The number of amides is 1. The van der Waals surface area contributed by atoms with Gasteiger partial charge in [0.15, 0.2) is 5.65 Å². The number of aromatic nitrogens is 5. The van der Waals surface area contributed by atoms with Gasteiger partial charge >= 0.3 is 5.97 Å². The molecule has 2 atom stereocenters. The number of aliphatic carboxylic acids is 1. The first-order valence-corrected chi connectivity index (χ1v) is 27.3. The number of carbonyl (C=O) groups is 2. The molecule has 0 bridgehead atoms. The molecule has 16 heteroatoms. The Labute approximate surface area is 452 Å². The van der Waals surface area contributed by atoms with Crippen LogP contribution in [0.5, 0.6) is 0 Å². The standard InChI is InChI=1S/C33H41N7O.C22H20FN5.C6H12O2/c1-24(2)22-30(28-10-5-12-31(36-28)38-20-14-26(15-21-38)33(41)35-17-16-34)40-19-7-13-32(37-40)39-18-6-11-29(39)27-9-4-8-25(3)23-27;1-15-5-2-8-18(25-15)20-14-24-21-10-11-22(26-28(20)21)27-12-4-9-19(27)16-6-3-7-17(23)13-16;1-3-5(4-2)6(7)8/h4-5,7-10,12-13,22-24,26,29H,6,11,14-15,17-21H2,1-3H3,(H,35,41);2-3,5-8,10-11,13-14,19H,4,9,12H2,1H3;5H,3-4H2,1-2H3,(H,7,8)/b30-22-;;. The van der Waals surface area contributed by atoms with Crippen LogP contribution in [0.2, 0.25) is 0 Å². The zero-order valence-corrected chi connectivity index (χ0v) is 45.4. The molecule has 3 fully saturated rings. The first kappa shape index (κ1) is 55.3. The highest BCUT2D eigenvalue weighted by Crippen LogP contribution is 2.37. The number of hydrogen-bond acceptors (Lipinski definition) is 12. The van der Waals surface area contributed by atoms with E-state index in [4.69, 9.17) is 25.6 Å². The van der Waals surface area contributed by atoms with E-state index in [1.807, 2.05) is 80.0 Å². The van der Waals surface area contributed by atoms with Gasteiger partial charge in [0.05, 0.1) is 53.9 Å². The summed E-state index contributed by atoms with van der Waals surface area (Å²) in [6.07, 6.45) is 15.7. The van der Waals surface area contributed by atoms with Crippen LogP contribution in [0.15, 0.2) is 127 Å². The Hall–Kier alpha value is -7.93. The summed E-state index contributed by atoms with van der Waals surface area (Å²) >= 11 is 0. The molecule has 0 spiro atoms. The second-order valence-electron chi connectivity index (χ2n) is 20.5. The van der Waals surface area contributed by atoms with Gasteiger partial charge in [-0.25, -0.2) is 18.9 Å². The Morgan fingerprint density at radius 2 is 1.53 bits per heavy atom. The van der Waals surface area contributed by atoms with Gasteiger partial charge in [-0.1, -0.05) is 93.9 Å². The van der Waals surface area contributed by atoms with E-state index in [0.717, 1.165) is 135 Å². The van der Waals surface area contributed by atoms with Crippen molar-refractivity contribution in [2.24, 2.45) is 22.9 Å². The van der Waals surface area contributed by atoms with Crippen molar-refractivity contribution in [3.8, 4) is 17.5 Å². The fourth-order valence-corrected chi connectivity index (χ4v) is 10.6. The Bertz CT molecular complexity index is 3110. The number of fused-ring (bicyclic) bond motifs is 1. The van der Waals surface area contributed by atoms with Crippen molar-refractivity contribution < 1.29 is 19.1 Å². The number of nitrogens with one attached hydrogen (secondary N) is 1. The Morgan fingerprint density at radius 1 is 0.831 bits per heavy atom. The largest absolute Gasteiger partial charge is 0.481 e. The Kier molecular flexibility index (Phi) is 18.8. The fourth-order valence-electron chi connectivity index (χ4n) is 10.6. The molecule has 4 aliphatic heterocycles. The minimum Gasteiger partial charge on any atom is -0.481 e. The maximum atomic E-state index is 13.7. The number of carboxylic acids is 1. The number of benzene rings is 2. The highest BCUT2D eigenvalue weighted by Gasteiger charge is 2.31. The molecule has 2 N–H and O–H groups in total. The van der Waals surface area contributed by atoms with E-state index in [-0.39, 0.29) is 36.1 Å². The van der Waals surface area contributed by atoms with E-state index < -0.39 is 5.97 Å². The number of imidazole rings is 1. The van der Waals surface area contributed by atoms with Crippen molar-refractivity contribution in [3.63, 3.8) is 0 Å². The molecule has 1 amide bonds. The minimum absolute atomic E-state index is 0.0236. The summed E-state index contributed by atoms with van der Waals surface area (Å²) in [5.41, 5.74) is 9.00. The number of hydrogen-bond donors (Lipinski definition) is 2. The number of pyridine rings is 2. The number of aryl methyl sites for hydroxylation is 2. The molecule has 15 nitrogen and oxygen atoms in total. The van der Waals surface area contributed by atoms with Crippen LogP contribution >= 0.6 is 0 Å². The molecule has 0 aliphatic carbocycles. The molecular weight excluding hydrogens is 968 g/mol. The van der Waals surface area contributed by atoms with Gasteiger partial charge in [0, 0.05) is 37.8 Å². The molecule has 77 heavy (non-hydrogen) atoms. The highest BCUT2D eigenvalue weighted by molar-refractivity contribution is 5.94. The van der Waals surface area contributed by atoms with Crippen molar-refractivity contribution >= 4 is 40.7 Å². The van der Waals surface area contributed by atoms with Gasteiger partial charge in [-0.05, 0) is 137 Å². The van der Waals surface area contributed by atoms with Crippen LogP contribution in [-0.4, -0.2) is 96.6 Å². The fraction of sp³-hybridized carbons (Fsp3) is 0.410. The summed E-state index contributed by atoms with van der Waals surface area (Å²) in [7, 11) is 0. The van der Waals surface area contributed by atoms with Gasteiger partial charge in [0.25, 0.3) is 0 Å².